The third kappa shape index (κ3) is 3.87. The average molecular weight is 421 g/mol. The van der Waals surface area contributed by atoms with Crippen LogP contribution in [0.25, 0.3) is 0 Å². The minimum absolute atomic E-state index is 0.00510. The van der Waals surface area contributed by atoms with E-state index in [1.165, 1.54) is 16.7 Å². The third-order valence-corrected chi connectivity index (χ3v) is 7.40. The maximum Gasteiger partial charge on any atom is 0.353 e. The maximum atomic E-state index is 12.3. The van der Waals surface area contributed by atoms with Gasteiger partial charge in [0.1, 0.15) is 5.70 Å². The molecule has 2 fully saturated rings. The molecule has 6 N–H and O–H groups in total. The number of carboxylic acid groups (broad SMARTS) is 1. The van der Waals surface area contributed by atoms with E-state index < -0.39 is 28.2 Å². The number of amides is 1. The largest absolute Gasteiger partial charge is 0.477 e. The normalized spacial score (nSPS) is 34.6. The molecule has 3 heterocycles. The molecule has 0 radical (unpaired) electrons. The summed E-state index contributed by atoms with van der Waals surface area (Å²) in [4.78, 5) is 26.1. The van der Waals surface area contributed by atoms with Gasteiger partial charge in [-0.1, -0.05) is 6.92 Å². The number of carbonyl (C=O) groups is 2. The van der Waals surface area contributed by atoms with Crippen LogP contribution >= 0.6 is 11.8 Å². The Bertz CT molecular complexity index is 783. The monoisotopic (exact) mass is 420 g/mol. The first kappa shape index (κ1) is 20.6. The molecule has 0 aromatic rings. The van der Waals surface area contributed by atoms with Gasteiger partial charge in [0, 0.05) is 35.2 Å². The lowest BCUT2D eigenvalue weighted by Gasteiger charge is -2.46. The van der Waals surface area contributed by atoms with Crippen molar-refractivity contribution in [2.45, 2.75) is 43.7 Å². The van der Waals surface area contributed by atoms with Gasteiger partial charge < -0.3 is 20.4 Å². The molecule has 152 valence electrons. The second-order valence-corrected chi connectivity index (χ2v) is 9.97. The minimum Gasteiger partial charge on any atom is -0.477 e. The third-order valence-electron chi connectivity index (χ3n) is 5.32. The summed E-state index contributed by atoms with van der Waals surface area (Å²) in [5, 5.41) is 27.7. The van der Waals surface area contributed by atoms with Crippen LogP contribution in [0.3, 0.4) is 0 Å². The van der Waals surface area contributed by atoms with Crippen molar-refractivity contribution in [1.82, 2.24) is 14.9 Å². The lowest BCUT2D eigenvalue weighted by Crippen LogP contribution is -2.63. The van der Waals surface area contributed by atoms with Crippen molar-refractivity contribution in [3.63, 3.8) is 0 Å². The highest BCUT2D eigenvalue weighted by molar-refractivity contribution is 8.03. The number of fused-ring (bicyclic) bond motifs is 1. The van der Waals surface area contributed by atoms with Gasteiger partial charge in [0.15, 0.2) is 0 Å². The van der Waals surface area contributed by atoms with Crippen LogP contribution < -0.4 is 15.2 Å². The summed E-state index contributed by atoms with van der Waals surface area (Å²) in [6.07, 6.45) is -0.197. The van der Waals surface area contributed by atoms with Crippen LogP contribution in [0.1, 0.15) is 20.3 Å². The average Bonchev–Trinajstić information content (AvgIpc) is 3.07. The quantitative estimate of drug-likeness (QED) is 0.308. The Kier molecular flexibility index (Phi) is 5.58. The Balaban J connectivity index is 1.71. The zero-order chi connectivity index (χ0) is 20.1. The molecule has 0 aromatic carbocycles. The number of nitrogens with one attached hydrogen (secondary N) is 2. The van der Waals surface area contributed by atoms with E-state index >= 15 is 0 Å². The minimum atomic E-state index is -3.76. The molecule has 0 bridgehead atoms. The van der Waals surface area contributed by atoms with Crippen LogP contribution in [0, 0.1) is 11.8 Å². The molecule has 10 nitrogen and oxygen atoms in total. The summed E-state index contributed by atoms with van der Waals surface area (Å²) in [6.45, 7) is 4.17. The van der Waals surface area contributed by atoms with Gasteiger partial charge in [0.2, 0.25) is 5.91 Å². The molecule has 3 aliphatic rings. The topological polar surface area (TPSA) is 162 Å². The first-order chi connectivity index (χ1) is 12.5. The molecular formula is C15H24N4O6S2. The van der Waals surface area contributed by atoms with Gasteiger partial charge >= 0.3 is 5.97 Å². The molecule has 0 saturated carbocycles. The molecule has 27 heavy (non-hydrogen) atoms. The number of hydrogen-bond donors (Lipinski definition) is 5. The van der Waals surface area contributed by atoms with E-state index in [1.807, 2.05) is 6.92 Å². The van der Waals surface area contributed by atoms with Gasteiger partial charge in [-0.3, -0.25) is 4.79 Å². The van der Waals surface area contributed by atoms with Gasteiger partial charge in [0.05, 0.1) is 18.1 Å². The number of nitrogens with two attached hydrogens (primary N) is 1. The number of β-lactam (4-membered cyclic amide) rings is 1. The standard InChI is InChI=1S/C15H24N4O6S2/c1-6-11-10(7(2)20)14(21)19(11)12(15(22)23)13(6)26-9-3-8(17-5-9)4-18-27(16,24)25/h6-11,17-18,20H,3-5H2,1-2H3,(H,22,23)(H2,16,24,25)/t6-,7-,8-,9-,10-,11-/m1/s1. The number of hydrogen-bond acceptors (Lipinski definition) is 7. The second-order valence-electron chi connectivity index (χ2n) is 7.25. The van der Waals surface area contributed by atoms with Crippen molar-refractivity contribution in [3.8, 4) is 0 Å². The van der Waals surface area contributed by atoms with E-state index in [0.29, 0.717) is 17.9 Å². The number of thioether (sulfide) groups is 1. The molecule has 12 heteroatoms. The van der Waals surface area contributed by atoms with Crippen LogP contribution in [0.2, 0.25) is 0 Å². The van der Waals surface area contributed by atoms with Gasteiger partial charge in [0.25, 0.3) is 10.2 Å². The van der Waals surface area contributed by atoms with Crippen molar-refractivity contribution in [2.24, 2.45) is 17.0 Å². The summed E-state index contributed by atoms with van der Waals surface area (Å²) < 4.78 is 24.3. The fourth-order valence-electron chi connectivity index (χ4n) is 4.10. The number of aliphatic hydroxyl groups excluding tert-OH is 1. The second kappa shape index (κ2) is 7.33. The Morgan fingerprint density at radius 1 is 1.52 bits per heavy atom. The molecule has 2 saturated heterocycles. The molecular weight excluding hydrogens is 396 g/mol. The van der Waals surface area contributed by atoms with Crippen LogP contribution in [0.15, 0.2) is 10.6 Å². The van der Waals surface area contributed by atoms with Gasteiger partial charge in [-0.15, -0.1) is 11.8 Å². The number of carbonyl (C=O) groups excluding carboxylic acids is 1. The van der Waals surface area contributed by atoms with E-state index in [9.17, 15) is 28.2 Å². The predicted molar refractivity (Wildman–Crippen MR) is 98.5 cm³/mol. The van der Waals surface area contributed by atoms with Crippen LogP contribution in [-0.4, -0.2) is 71.9 Å². The number of aliphatic hydroxyl groups is 1. The van der Waals surface area contributed by atoms with Crippen LogP contribution in [-0.2, 0) is 19.8 Å². The number of aliphatic carboxylic acids is 1. The fraction of sp³-hybridized carbons (Fsp3) is 0.733. The van der Waals surface area contributed by atoms with Crippen molar-refractivity contribution in [2.75, 3.05) is 13.1 Å². The van der Waals surface area contributed by atoms with Gasteiger partial charge in [-0.2, -0.15) is 8.42 Å². The van der Waals surface area contributed by atoms with Crippen LogP contribution in [0.4, 0.5) is 0 Å². The summed E-state index contributed by atoms with van der Waals surface area (Å²) >= 11 is 1.41. The summed E-state index contributed by atoms with van der Waals surface area (Å²) in [7, 11) is -3.76. The molecule has 3 rings (SSSR count). The molecule has 6 atom stereocenters. The zero-order valence-corrected chi connectivity index (χ0v) is 16.6. The SMILES string of the molecule is C[C@@H](O)[C@H]1C(=O)N2C(C(=O)O)=C(S[C@H]3CN[C@@H](CNS(N)(=O)=O)C3)[C@H](C)[C@H]12. The van der Waals surface area contributed by atoms with Crippen molar-refractivity contribution >= 4 is 33.8 Å². The first-order valence-corrected chi connectivity index (χ1v) is 11.1. The number of nitrogens with zero attached hydrogens (tertiary/aromatic N) is 1. The Hall–Kier alpha value is -1.18. The lowest BCUT2D eigenvalue weighted by atomic mass is 9.79. The van der Waals surface area contributed by atoms with Crippen molar-refractivity contribution in [3.05, 3.63) is 10.6 Å². The molecule has 0 aromatic heterocycles. The Morgan fingerprint density at radius 3 is 2.74 bits per heavy atom. The molecule has 0 unspecified atom stereocenters. The van der Waals surface area contributed by atoms with Crippen LogP contribution in [0.5, 0.6) is 0 Å². The fourth-order valence-corrected chi connectivity index (χ4v) is 6.05. The summed E-state index contributed by atoms with van der Waals surface area (Å²) in [6, 6.07) is -0.435. The molecule has 3 aliphatic heterocycles. The van der Waals surface area contributed by atoms with Crippen molar-refractivity contribution < 1.29 is 28.2 Å². The van der Waals surface area contributed by atoms with E-state index in [-0.39, 0.29) is 41.4 Å². The Labute approximate surface area is 161 Å². The number of rotatable bonds is 7. The number of carboxylic acids is 1. The smallest absolute Gasteiger partial charge is 0.353 e. The summed E-state index contributed by atoms with van der Waals surface area (Å²) in [5.74, 6) is -2.27. The van der Waals surface area contributed by atoms with E-state index in [2.05, 4.69) is 10.0 Å². The zero-order valence-electron chi connectivity index (χ0n) is 15.0. The highest BCUT2D eigenvalue weighted by atomic mass is 32.2. The Morgan fingerprint density at radius 2 is 2.19 bits per heavy atom. The van der Waals surface area contributed by atoms with Gasteiger partial charge in [-0.25, -0.2) is 14.7 Å². The molecule has 1 amide bonds. The predicted octanol–water partition coefficient (Wildman–Crippen LogP) is -1.60. The van der Waals surface area contributed by atoms with Crippen molar-refractivity contribution in [1.29, 1.82) is 0 Å². The lowest BCUT2D eigenvalue weighted by molar-refractivity contribution is -0.163. The highest BCUT2D eigenvalue weighted by Crippen LogP contribution is 2.51. The van der Waals surface area contributed by atoms with Gasteiger partial charge in [-0.05, 0) is 13.3 Å². The maximum absolute atomic E-state index is 12.3. The summed E-state index contributed by atoms with van der Waals surface area (Å²) in [5.41, 5.74) is 0.00510. The first-order valence-electron chi connectivity index (χ1n) is 8.67. The van der Waals surface area contributed by atoms with E-state index in [4.69, 9.17) is 5.14 Å². The highest BCUT2D eigenvalue weighted by Gasteiger charge is 2.60. The van der Waals surface area contributed by atoms with E-state index in [0.717, 1.165) is 0 Å². The molecule has 0 aliphatic carbocycles. The van der Waals surface area contributed by atoms with E-state index in [1.54, 1.807) is 6.92 Å². The molecule has 0 spiro atoms.